The van der Waals surface area contributed by atoms with Crippen LogP contribution in [0.5, 0.6) is 5.75 Å². The van der Waals surface area contributed by atoms with Gasteiger partial charge >= 0.3 is 0 Å². The smallest absolute Gasteiger partial charge is 0.116 e. The molecule has 14 heavy (non-hydrogen) atoms. The molecule has 1 heterocycles. The van der Waals surface area contributed by atoms with Crippen molar-refractivity contribution < 1.29 is 5.11 Å². The third-order valence-corrected chi connectivity index (χ3v) is 3.59. The molecule has 2 N–H and O–H groups in total. The number of thioether (sulfide) groups is 1. The van der Waals surface area contributed by atoms with E-state index < -0.39 is 0 Å². The molecule has 0 spiro atoms. The van der Waals surface area contributed by atoms with E-state index >= 15 is 0 Å². The number of phenols is 1. The third kappa shape index (κ3) is 2.66. The van der Waals surface area contributed by atoms with E-state index in [1.807, 2.05) is 30.0 Å². The van der Waals surface area contributed by atoms with E-state index in [4.69, 9.17) is 0 Å². The molecule has 1 aliphatic heterocycles. The fraction of sp³-hybridized carbons (Fsp3) is 0.455. The zero-order valence-corrected chi connectivity index (χ0v) is 8.89. The molecule has 0 aliphatic carbocycles. The van der Waals surface area contributed by atoms with Crippen molar-refractivity contribution in [3.8, 4) is 5.75 Å². The lowest BCUT2D eigenvalue weighted by molar-refractivity contribution is 0.474. The molecule has 0 radical (unpaired) electrons. The number of nitrogens with one attached hydrogen (secondary N) is 1. The number of hydrogen-bond donors (Lipinski definition) is 2. The zero-order chi connectivity index (χ0) is 9.80. The Kier molecular flexibility index (Phi) is 3.32. The van der Waals surface area contributed by atoms with Crippen molar-refractivity contribution in [3.63, 3.8) is 0 Å². The van der Waals surface area contributed by atoms with Crippen molar-refractivity contribution >= 4 is 11.8 Å². The SMILES string of the molecule is Oc1cccc(SC[C@H]2CCCN2)c1. The molecule has 3 heteroatoms. The van der Waals surface area contributed by atoms with E-state index in [0.717, 1.165) is 17.2 Å². The Labute approximate surface area is 88.7 Å². The lowest BCUT2D eigenvalue weighted by Gasteiger charge is -2.09. The molecular weight excluding hydrogens is 194 g/mol. The molecule has 1 saturated heterocycles. The first kappa shape index (κ1) is 9.87. The monoisotopic (exact) mass is 209 g/mol. The van der Waals surface area contributed by atoms with Crippen molar-refractivity contribution in [1.82, 2.24) is 5.32 Å². The van der Waals surface area contributed by atoms with Gasteiger partial charge in [0.25, 0.3) is 0 Å². The summed E-state index contributed by atoms with van der Waals surface area (Å²) in [6.07, 6.45) is 2.58. The maximum atomic E-state index is 9.28. The highest BCUT2D eigenvalue weighted by Gasteiger charge is 2.13. The largest absolute Gasteiger partial charge is 0.508 e. The van der Waals surface area contributed by atoms with Crippen LogP contribution in [0.3, 0.4) is 0 Å². The fourth-order valence-corrected chi connectivity index (χ4v) is 2.73. The normalized spacial score (nSPS) is 21.3. The van der Waals surface area contributed by atoms with Gasteiger partial charge < -0.3 is 10.4 Å². The van der Waals surface area contributed by atoms with Gasteiger partial charge in [0.2, 0.25) is 0 Å². The Morgan fingerprint density at radius 3 is 3.14 bits per heavy atom. The summed E-state index contributed by atoms with van der Waals surface area (Å²) in [5.74, 6) is 1.46. The predicted molar refractivity (Wildman–Crippen MR) is 59.9 cm³/mol. The van der Waals surface area contributed by atoms with E-state index in [2.05, 4.69) is 5.32 Å². The lowest BCUT2D eigenvalue weighted by Crippen LogP contribution is -2.23. The third-order valence-electron chi connectivity index (χ3n) is 2.43. The molecule has 2 nitrogen and oxygen atoms in total. The second kappa shape index (κ2) is 4.71. The van der Waals surface area contributed by atoms with E-state index in [1.54, 1.807) is 6.07 Å². The second-order valence-electron chi connectivity index (χ2n) is 3.60. The van der Waals surface area contributed by atoms with Crippen LogP contribution in [0.25, 0.3) is 0 Å². The molecule has 0 aromatic heterocycles. The fourth-order valence-electron chi connectivity index (χ4n) is 1.67. The standard InChI is InChI=1S/C11H15NOS/c13-10-4-1-5-11(7-10)14-8-9-3-2-6-12-9/h1,4-5,7,9,12-13H,2-3,6,8H2/t9-/m1/s1. The Balaban J connectivity index is 1.85. The minimum absolute atomic E-state index is 0.356. The Morgan fingerprint density at radius 1 is 1.50 bits per heavy atom. The number of benzene rings is 1. The Morgan fingerprint density at radius 2 is 2.43 bits per heavy atom. The molecule has 0 bridgehead atoms. The minimum atomic E-state index is 0.356. The van der Waals surface area contributed by atoms with Crippen LogP contribution in [-0.2, 0) is 0 Å². The Hall–Kier alpha value is -0.670. The molecule has 1 atom stereocenters. The van der Waals surface area contributed by atoms with E-state index in [0.29, 0.717) is 11.8 Å². The number of hydrogen-bond acceptors (Lipinski definition) is 3. The van der Waals surface area contributed by atoms with Crippen LogP contribution in [0, 0.1) is 0 Å². The number of phenolic OH excluding ortho intramolecular Hbond substituents is 1. The topological polar surface area (TPSA) is 32.3 Å². The first-order valence-corrected chi connectivity index (χ1v) is 5.98. The van der Waals surface area contributed by atoms with Gasteiger partial charge in [0.05, 0.1) is 0 Å². The van der Waals surface area contributed by atoms with E-state index in [-0.39, 0.29) is 0 Å². The van der Waals surface area contributed by atoms with Crippen molar-refractivity contribution in [1.29, 1.82) is 0 Å². The summed E-state index contributed by atoms with van der Waals surface area (Å²) in [5, 5.41) is 12.7. The van der Waals surface area contributed by atoms with Crippen molar-refractivity contribution in [2.24, 2.45) is 0 Å². The maximum absolute atomic E-state index is 9.28. The predicted octanol–water partition coefficient (Wildman–Crippen LogP) is 2.24. The second-order valence-corrected chi connectivity index (χ2v) is 4.70. The average Bonchev–Trinajstić information content (AvgIpc) is 2.67. The van der Waals surface area contributed by atoms with Gasteiger partial charge in [-0.3, -0.25) is 0 Å². The average molecular weight is 209 g/mol. The van der Waals surface area contributed by atoms with Crippen molar-refractivity contribution in [3.05, 3.63) is 24.3 Å². The molecular formula is C11H15NOS. The molecule has 1 aromatic carbocycles. The molecule has 1 aliphatic rings. The van der Waals surface area contributed by atoms with Crippen LogP contribution in [0.1, 0.15) is 12.8 Å². The van der Waals surface area contributed by atoms with Gasteiger partial charge in [0.1, 0.15) is 5.75 Å². The van der Waals surface area contributed by atoms with Gasteiger partial charge in [0.15, 0.2) is 0 Å². The summed E-state index contributed by atoms with van der Waals surface area (Å²) < 4.78 is 0. The number of aromatic hydroxyl groups is 1. The lowest BCUT2D eigenvalue weighted by atomic mass is 10.3. The first-order valence-electron chi connectivity index (χ1n) is 5.00. The van der Waals surface area contributed by atoms with Gasteiger partial charge in [-0.2, -0.15) is 0 Å². The minimum Gasteiger partial charge on any atom is -0.508 e. The quantitative estimate of drug-likeness (QED) is 0.749. The van der Waals surface area contributed by atoms with E-state index in [1.165, 1.54) is 12.8 Å². The van der Waals surface area contributed by atoms with Gasteiger partial charge in [0, 0.05) is 16.7 Å². The Bertz CT molecular complexity index is 297. The summed E-state index contributed by atoms with van der Waals surface area (Å²) in [7, 11) is 0. The molecule has 76 valence electrons. The van der Waals surface area contributed by atoms with Crippen LogP contribution < -0.4 is 5.32 Å². The van der Waals surface area contributed by atoms with E-state index in [9.17, 15) is 5.11 Å². The first-order chi connectivity index (χ1) is 6.84. The van der Waals surface area contributed by atoms with Gasteiger partial charge in [-0.1, -0.05) is 6.07 Å². The zero-order valence-electron chi connectivity index (χ0n) is 8.07. The van der Waals surface area contributed by atoms with Crippen LogP contribution in [-0.4, -0.2) is 23.4 Å². The number of rotatable bonds is 3. The molecule has 0 amide bonds. The molecule has 1 fully saturated rings. The molecule has 1 aromatic rings. The highest BCUT2D eigenvalue weighted by Crippen LogP contribution is 2.24. The highest BCUT2D eigenvalue weighted by molar-refractivity contribution is 7.99. The van der Waals surface area contributed by atoms with Gasteiger partial charge in [-0.05, 0) is 37.6 Å². The van der Waals surface area contributed by atoms with Crippen molar-refractivity contribution in [2.75, 3.05) is 12.3 Å². The van der Waals surface area contributed by atoms with Crippen LogP contribution >= 0.6 is 11.8 Å². The summed E-state index contributed by atoms with van der Waals surface area (Å²) in [6.45, 7) is 1.16. The van der Waals surface area contributed by atoms with Crippen molar-refractivity contribution in [2.45, 2.75) is 23.8 Å². The summed E-state index contributed by atoms with van der Waals surface area (Å²) in [4.78, 5) is 1.15. The molecule has 0 saturated carbocycles. The summed E-state index contributed by atoms with van der Waals surface area (Å²) >= 11 is 1.81. The molecule has 0 unspecified atom stereocenters. The van der Waals surface area contributed by atoms with Crippen LogP contribution in [0.15, 0.2) is 29.2 Å². The highest BCUT2D eigenvalue weighted by atomic mass is 32.2. The summed E-state index contributed by atoms with van der Waals surface area (Å²) in [6, 6.07) is 8.11. The van der Waals surface area contributed by atoms with Gasteiger partial charge in [-0.15, -0.1) is 11.8 Å². The summed E-state index contributed by atoms with van der Waals surface area (Å²) in [5.41, 5.74) is 0. The maximum Gasteiger partial charge on any atom is 0.116 e. The van der Waals surface area contributed by atoms with Gasteiger partial charge in [-0.25, -0.2) is 0 Å². The van der Waals surface area contributed by atoms with Crippen LogP contribution in [0.2, 0.25) is 0 Å². The van der Waals surface area contributed by atoms with Crippen LogP contribution in [0.4, 0.5) is 0 Å². The molecule has 2 rings (SSSR count).